The number of hydrogen-bond donors (Lipinski definition) is 3. The Balaban J connectivity index is 1.60. The monoisotopic (exact) mass is 395 g/mol. The van der Waals surface area contributed by atoms with E-state index in [1.807, 2.05) is 0 Å². The number of aromatic amines is 2. The Labute approximate surface area is 157 Å². The van der Waals surface area contributed by atoms with E-state index in [-0.39, 0.29) is 12.0 Å². The molecular weight excluding hydrogens is 375 g/mol. The second-order valence-electron chi connectivity index (χ2n) is 7.31. The molecule has 150 valence electrons. The van der Waals surface area contributed by atoms with Gasteiger partial charge in [-0.2, -0.15) is 13.2 Å². The predicted octanol–water partition coefficient (Wildman–Crippen LogP) is 2.45. The van der Waals surface area contributed by atoms with Crippen molar-refractivity contribution in [3.8, 4) is 0 Å². The molecule has 0 atom stereocenters. The number of halogens is 3. The van der Waals surface area contributed by atoms with E-state index in [4.69, 9.17) is 0 Å². The second-order valence-corrected chi connectivity index (χ2v) is 7.31. The van der Waals surface area contributed by atoms with Crippen molar-refractivity contribution < 1.29 is 13.2 Å². The minimum atomic E-state index is -4.21. The molecule has 10 heteroatoms. The Bertz CT molecular complexity index is 1110. The van der Waals surface area contributed by atoms with E-state index in [0.29, 0.717) is 54.2 Å². The number of alkyl halides is 3. The molecule has 1 aliphatic carbocycles. The van der Waals surface area contributed by atoms with Crippen LogP contribution in [0.15, 0.2) is 28.0 Å². The fraction of sp³-hybridized carbons (Fsp3) is 0.500. The van der Waals surface area contributed by atoms with Gasteiger partial charge in [-0.25, -0.2) is 9.78 Å². The van der Waals surface area contributed by atoms with E-state index in [2.05, 4.69) is 20.3 Å². The van der Waals surface area contributed by atoms with Gasteiger partial charge in [0.25, 0.3) is 5.56 Å². The number of aromatic nitrogens is 4. The summed E-state index contributed by atoms with van der Waals surface area (Å²) in [5.41, 5.74) is 0.205. The van der Waals surface area contributed by atoms with Crippen LogP contribution in [0, 0.1) is 5.92 Å². The molecule has 0 aliphatic heterocycles. The molecule has 3 aromatic heterocycles. The average molecular weight is 395 g/mol. The third-order valence-corrected chi connectivity index (χ3v) is 5.42. The third kappa shape index (κ3) is 3.56. The van der Waals surface area contributed by atoms with E-state index < -0.39 is 24.0 Å². The van der Waals surface area contributed by atoms with Crippen LogP contribution in [-0.4, -0.2) is 38.8 Å². The molecule has 0 saturated heterocycles. The van der Waals surface area contributed by atoms with Crippen LogP contribution in [0.1, 0.15) is 31.7 Å². The average Bonchev–Trinajstić information content (AvgIpc) is 3.11. The fourth-order valence-corrected chi connectivity index (χ4v) is 4.12. The zero-order valence-corrected chi connectivity index (χ0v) is 15.0. The van der Waals surface area contributed by atoms with Crippen molar-refractivity contribution in [1.82, 2.24) is 24.8 Å². The smallest absolute Gasteiger partial charge is 0.346 e. The lowest BCUT2D eigenvalue weighted by atomic mass is 9.85. The van der Waals surface area contributed by atoms with Gasteiger partial charge in [0.15, 0.2) is 0 Å². The van der Waals surface area contributed by atoms with Gasteiger partial charge in [-0.1, -0.05) is 0 Å². The summed E-state index contributed by atoms with van der Waals surface area (Å²) in [7, 11) is 0. The first-order chi connectivity index (χ1) is 13.3. The molecule has 4 rings (SSSR count). The highest BCUT2D eigenvalue weighted by Crippen LogP contribution is 2.33. The molecule has 0 spiro atoms. The quantitative estimate of drug-likeness (QED) is 0.632. The highest BCUT2D eigenvalue weighted by atomic mass is 19.4. The topological polar surface area (TPSA) is 95.6 Å². The van der Waals surface area contributed by atoms with Crippen molar-refractivity contribution >= 4 is 21.9 Å². The summed E-state index contributed by atoms with van der Waals surface area (Å²) >= 11 is 0. The van der Waals surface area contributed by atoms with Gasteiger partial charge in [0, 0.05) is 23.8 Å². The first kappa shape index (κ1) is 18.7. The number of pyridine rings is 1. The molecule has 0 radical (unpaired) electrons. The van der Waals surface area contributed by atoms with Gasteiger partial charge in [-0.05, 0) is 44.2 Å². The Kier molecular flexibility index (Phi) is 4.74. The minimum absolute atomic E-state index is 0.119. The maximum Gasteiger partial charge on any atom is 0.401 e. The number of H-pyrrole nitrogens is 2. The molecule has 1 fully saturated rings. The Morgan fingerprint density at radius 1 is 1.18 bits per heavy atom. The van der Waals surface area contributed by atoms with Crippen LogP contribution >= 0.6 is 0 Å². The Morgan fingerprint density at radius 3 is 2.64 bits per heavy atom. The summed E-state index contributed by atoms with van der Waals surface area (Å²) in [6.07, 6.45) is 1.69. The molecule has 0 amide bonds. The molecule has 3 N–H and O–H groups in total. The SMILES string of the molecule is O=c1[nH]c(=O)n([C@H]2CC[C@H](CNCC(F)(F)F)CC2)c2c1cnc1[nH]ccc12. The largest absolute Gasteiger partial charge is 0.401 e. The molecule has 1 saturated carbocycles. The lowest BCUT2D eigenvalue weighted by Crippen LogP contribution is -2.37. The number of fused-ring (bicyclic) bond motifs is 3. The van der Waals surface area contributed by atoms with Gasteiger partial charge in [0.2, 0.25) is 0 Å². The van der Waals surface area contributed by atoms with E-state index in [0.717, 1.165) is 0 Å². The van der Waals surface area contributed by atoms with Crippen LogP contribution in [0.4, 0.5) is 13.2 Å². The minimum Gasteiger partial charge on any atom is -0.346 e. The molecule has 7 nitrogen and oxygen atoms in total. The highest BCUT2D eigenvalue weighted by molar-refractivity contribution is 6.01. The summed E-state index contributed by atoms with van der Waals surface area (Å²) < 4.78 is 38.5. The van der Waals surface area contributed by atoms with Crippen molar-refractivity contribution in [1.29, 1.82) is 0 Å². The van der Waals surface area contributed by atoms with Gasteiger partial charge in [-0.3, -0.25) is 14.3 Å². The normalized spacial score (nSPS) is 20.8. The summed E-state index contributed by atoms with van der Waals surface area (Å²) in [6.45, 7) is -0.686. The van der Waals surface area contributed by atoms with Crippen LogP contribution < -0.4 is 16.6 Å². The fourth-order valence-electron chi connectivity index (χ4n) is 4.12. The maximum absolute atomic E-state index is 12.6. The summed E-state index contributed by atoms with van der Waals surface area (Å²) in [5.74, 6) is 0.136. The first-order valence-corrected chi connectivity index (χ1v) is 9.21. The number of hydrogen-bond acceptors (Lipinski definition) is 4. The molecule has 1 aliphatic rings. The molecule has 28 heavy (non-hydrogen) atoms. The molecule has 0 aromatic carbocycles. The standard InChI is InChI=1S/C18H20F3N5O2/c19-18(20,21)9-22-7-10-1-3-11(4-2-10)26-14-12-5-6-23-15(12)24-8-13(14)16(27)25-17(26)28/h5-6,8,10-11,22H,1-4,7,9H2,(H,23,24)(H,25,27,28)/t10-,11-. The van der Waals surface area contributed by atoms with Crippen molar-refractivity contribution in [2.45, 2.75) is 37.9 Å². The van der Waals surface area contributed by atoms with E-state index in [9.17, 15) is 22.8 Å². The second kappa shape index (κ2) is 7.08. The Morgan fingerprint density at radius 2 is 1.93 bits per heavy atom. The van der Waals surface area contributed by atoms with Gasteiger partial charge in [-0.15, -0.1) is 0 Å². The molecule has 0 unspecified atom stereocenters. The zero-order chi connectivity index (χ0) is 19.9. The number of nitrogens with zero attached hydrogens (tertiary/aromatic N) is 2. The summed E-state index contributed by atoms with van der Waals surface area (Å²) in [5, 5.41) is 3.52. The van der Waals surface area contributed by atoms with Crippen LogP contribution in [0.25, 0.3) is 21.9 Å². The zero-order valence-electron chi connectivity index (χ0n) is 15.0. The maximum atomic E-state index is 12.6. The van der Waals surface area contributed by atoms with Crippen molar-refractivity contribution in [2.75, 3.05) is 13.1 Å². The van der Waals surface area contributed by atoms with E-state index in [1.54, 1.807) is 16.8 Å². The van der Waals surface area contributed by atoms with Crippen LogP contribution in [-0.2, 0) is 0 Å². The van der Waals surface area contributed by atoms with Gasteiger partial charge in [0.05, 0.1) is 17.4 Å². The highest BCUT2D eigenvalue weighted by Gasteiger charge is 2.29. The first-order valence-electron chi connectivity index (χ1n) is 9.21. The van der Waals surface area contributed by atoms with Crippen molar-refractivity contribution in [3.63, 3.8) is 0 Å². The lowest BCUT2D eigenvalue weighted by molar-refractivity contribution is -0.125. The van der Waals surface area contributed by atoms with E-state index in [1.165, 1.54) is 6.20 Å². The van der Waals surface area contributed by atoms with Crippen LogP contribution in [0.3, 0.4) is 0 Å². The summed E-state index contributed by atoms with van der Waals surface area (Å²) in [4.78, 5) is 34.4. The van der Waals surface area contributed by atoms with Crippen LogP contribution in [0.2, 0.25) is 0 Å². The molecule has 3 heterocycles. The predicted molar refractivity (Wildman–Crippen MR) is 98.4 cm³/mol. The van der Waals surface area contributed by atoms with Crippen molar-refractivity contribution in [2.24, 2.45) is 5.92 Å². The van der Waals surface area contributed by atoms with Crippen molar-refractivity contribution in [3.05, 3.63) is 39.3 Å². The van der Waals surface area contributed by atoms with Crippen LogP contribution in [0.5, 0.6) is 0 Å². The summed E-state index contributed by atoms with van der Waals surface area (Å²) in [6, 6.07) is 1.67. The Hall–Kier alpha value is -2.62. The van der Waals surface area contributed by atoms with E-state index >= 15 is 0 Å². The molecule has 3 aromatic rings. The van der Waals surface area contributed by atoms with Gasteiger partial charge in [0.1, 0.15) is 5.65 Å². The molecule has 0 bridgehead atoms. The lowest BCUT2D eigenvalue weighted by Gasteiger charge is -2.30. The van der Waals surface area contributed by atoms with Gasteiger partial charge >= 0.3 is 11.9 Å². The molecular formula is C18H20F3N5O2. The van der Waals surface area contributed by atoms with Gasteiger partial charge < -0.3 is 10.3 Å². The number of rotatable bonds is 4. The third-order valence-electron chi connectivity index (χ3n) is 5.42. The number of nitrogens with one attached hydrogen (secondary N) is 3.